The molecule has 0 radical (unpaired) electrons. The van der Waals surface area contributed by atoms with Crippen LogP contribution in [0.4, 0.5) is 17.3 Å². The average molecular weight is 566 g/mol. The van der Waals surface area contributed by atoms with Gasteiger partial charge in [0, 0.05) is 35.3 Å². The number of ether oxygens (including phenoxy) is 3. The Morgan fingerprint density at radius 3 is 2.35 bits per heavy atom. The van der Waals surface area contributed by atoms with Crippen molar-refractivity contribution in [1.29, 1.82) is 0 Å². The van der Waals surface area contributed by atoms with Crippen LogP contribution in [0.25, 0.3) is 22.4 Å². The largest absolute Gasteiger partial charge is 0.495 e. The number of anilines is 3. The Morgan fingerprint density at radius 2 is 1.73 bits per heavy atom. The van der Waals surface area contributed by atoms with Gasteiger partial charge < -0.3 is 24.1 Å². The molecule has 5 rings (SSSR count). The number of fused-ring (bicyclic) bond motifs is 1. The summed E-state index contributed by atoms with van der Waals surface area (Å²) in [5.74, 6) is 1.45. The highest BCUT2D eigenvalue weighted by atomic mass is 32.2. The van der Waals surface area contributed by atoms with Crippen LogP contribution in [0.3, 0.4) is 0 Å². The maximum Gasteiger partial charge on any atom is 0.270 e. The van der Waals surface area contributed by atoms with E-state index in [1.165, 1.54) is 33.5 Å². The standard InChI is InChI=1S/C26H27N7O6S/c1-6-16-11-23(31-30-16)29-18-13-19-17(12-20(18)36-3)26(32-39-19)33-40(34,35)24-21(37-4)9-15(10-22(24)38-5)25-27-8-7-14(2)28-25/h7-13H,6H2,1-5H3,(H,32,33)(H2,29,30,31). The Bertz CT molecular complexity index is 1770. The fraction of sp³-hybridized carbons (Fsp3) is 0.231. The van der Waals surface area contributed by atoms with Gasteiger partial charge in [0.15, 0.2) is 27.9 Å². The van der Waals surface area contributed by atoms with Gasteiger partial charge >= 0.3 is 0 Å². The van der Waals surface area contributed by atoms with Crippen molar-refractivity contribution in [3.63, 3.8) is 0 Å². The molecule has 0 atom stereocenters. The van der Waals surface area contributed by atoms with Crippen molar-refractivity contribution in [1.82, 2.24) is 25.3 Å². The zero-order valence-electron chi connectivity index (χ0n) is 22.4. The minimum absolute atomic E-state index is 0.0364. The first-order chi connectivity index (χ1) is 19.3. The molecule has 0 aliphatic carbocycles. The SMILES string of the molecule is CCc1cc(Nc2cc3onc(NS(=O)(=O)c4c(OC)cc(-c5nccc(C)n5)cc4OC)c3cc2OC)n[nH]1. The smallest absolute Gasteiger partial charge is 0.270 e. The minimum atomic E-state index is -4.28. The molecule has 0 bridgehead atoms. The predicted molar refractivity (Wildman–Crippen MR) is 148 cm³/mol. The lowest BCUT2D eigenvalue weighted by Crippen LogP contribution is -2.16. The molecule has 208 valence electrons. The number of hydrogen-bond acceptors (Lipinski definition) is 11. The summed E-state index contributed by atoms with van der Waals surface area (Å²) >= 11 is 0. The first-order valence-corrected chi connectivity index (χ1v) is 13.6. The van der Waals surface area contributed by atoms with Crippen LogP contribution in [0.15, 0.2) is 52.0 Å². The minimum Gasteiger partial charge on any atom is -0.495 e. The Kier molecular flexibility index (Phi) is 7.17. The molecule has 0 saturated heterocycles. The zero-order valence-corrected chi connectivity index (χ0v) is 23.2. The molecule has 2 aromatic carbocycles. The number of benzene rings is 2. The van der Waals surface area contributed by atoms with Gasteiger partial charge in [-0.2, -0.15) is 5.10 Å². The third kappa shape index (κ3) is 5.08. The quantitative estimate of drug-likeness (QED) is 0.219. The number of aromatic nitrogens is 5. The molecule has 0 fully saturated rings. The van der Waals surface area contributed by atoms with Crippen molar-refractivity contribution >= 4 is 38.3 Å². The Balaban J connectivity index is 1.52. The summed E-state index contributed by atoms with van der Waals surface area (Å²) in [6.07, 6.45) is 2.42. The van der Waals surface area contributed by atoms with Gasteiger partial charge in [-0.05, 0) is 37.6 Å². The maximum atomic E-state index is 13.7. The molecule has 3 aromatic heterocycles. The summed E-state index contributed by atoms with van der Waals surface area (Å²) in [6, 6.07) is 9.97. The highest BCUT2D eigenvalue weighted by Gasteiger charge is 2.29. The number of aromatic amines is 1. The van der Waals surface area contributed by atoms with Crippen LogP contribution in [0.5, 0.6) is 17.2 Å². The summed E-state index contributed by atoms with van der Waals surface area (Å²) in [4.78, 5) is 8.45. The van der Waals surface area contributed by atoms with E-state index in [0.717, 1.165) is 17.8 Å². The molecule has 0 aliphatic heterocycles. The van der Waals surface area contributed by atoms with Crippen molar-refractivity contribution in [2.24, 2.45) is 0 Å². The van der Waals surface area contributed by atoms with Crippen LogP contribution >= 0.6 is 0 Å². The second-order valence-corrected chi connectivity index (χ2v) is 10.3. The van der Waals surface area contributed by atoms with E-state index in [1.807, 2.05) is 19.9 Å². The number of hydrogen-bond donors (Lipinski definition) is 3. The third-order valence-electron chi connectivity index (χ3n) is 6.08. The van der Waals surface area contributed by atoms with Crippen LogP contribution < -0.4 is 24.2 Å². The molecule has 3 N–H and O–H groups in total. The van der Waals surface area contributed by atoms with E-state index in [-0.39, 0.29) is 22.2 Å². The van der Waals surface area contributed by atoms with E-state index in [1.54, 1.807) is 24.4 Å². The van der Waals surface area contributed by atoms with E-state index in [0.29, 0.717) is 39.6 Å². The van der Waals surface area contributed by atoms with Crippen LogP contribution in [0, 0.1) is 6.92 Å². The topological polar surface area (TPSA) is 166 Å². The third-order valence-corrected chi connectivity index (χ3v) is 7.48. The highest BCUT2D eigenvalue weighted by molar-refractivity contribution is 7.93. The van der Waals surface area contributed by atoms with Gasteiger partial charge in [-0.25, -0.2) is 18.4 Å². The number of rotatable bonds is 10. The van der Waals surface area contributed by atoms with Crippen LogP contribution in [-0.4, -0.2) is 55.1 Å². The highest BCUT2D eigenvalue weighted by Crippen LogP contribution is 2.40. The number of nitrogens with zero attached hydrogens (tertiary/aromatic N) is 4. The van der Waals surface area contributed by atoms with E-state index in [9.17, 15) is 8.42 Å². The lowest BCUT2D eigenvalue weighted by molar-refractivity contribution is 0.374. The average Bonchev–Trinajstić information content (AvgIpc) is 3.57. The van der Waals surface area contributed by atoms with Crippen molar-refractivity contribution in [3.8, 4) is 28.6 Å². The van der Waals surface area contributed by atoms with E-state index >= 15 is 0 Å². The molecule has 0 amide bonds. The molecule has 14 heteroatoms. The fourth-order valence-corrected chi connectivity index (χ4v) is 5.41. The Labute approximate surface area is 229 Å². The molecule has 13 nitrogen and oxygen atoms in total. The molecule has 0 saturated carbocycles. The monoisotopic (exact) mass is 565 g/mol. The van der Waals surface area contributed by atoms with Crippen molar-refractivity contribution < 1.29 is 27.2 Å². The van der Waals surface area contributed by atoms with Gasteiger partial charge in [0.05, 0.1) is 32.4 Å². The van der Waals surface area contributed by atoms with E-state index in [4.69, 9.17) is 18.7 Å². The molecule has 0 spiro atoms. The van der Waals surface area contributed by atoms with Gasteiger partial charge in [0.2, 0.25) is 0 Å². The summed E-state index contributed by atoms with van der Waals surface area (Å²) in [6.45, 7) is 3.84. The Morgan fingerprint density at radius 1 is 1.00 bits per heavy atom. The van der Waals surface area contributed by atoms with Crippen molar-refractivity contribution in [2.75, 3.05) is 31.4 Å². The lowest BCUT2D eigenvalue weighted by Gasteiger charge is -2.16. The number of H-pyrrole nitrogens is 1. The van der Waals surface area contributed by atoms with Crippen molar-refractivity contribution in [2.45, 2.75) is 25.2 Å². The van der Waals surface area contributed by atoms with Gasteiger partial charge in [0.25, 0.3) is 10.0 Å². The van der Waals surface area contributed by atoms with Gasteiger partial charge in [-0.1, -0.05) is 12.1 Å². The summed E-state index contributed by atoms with van der Waals surface area (Å²) in [5, 5.41) is 14.7. The molecule has 3 heterocycles. The Hall–Kier alpha value is -4.85. The van der Waals surface area contributed by atoms with Crippen LogP contribution in [0.2, 0.25) is 0 Å². The molecule has 0 unspecified atom stereocenters. The van der Waals surface area contributed by atoms with Crippen LogP contribution in [0.1, 0.15) is 18.3 Å². The molecule has 5 aromatic rings. The molecular formula is C26H27N7O6S. The summed E-state index contributed by atoms with van der Waals surface area (Å²) in [7, 11) is -0.0517. The number of methoxy groups -OCH3 is 3. The summed E-state index contributed by atoms with van der Waals surface area (Å²) < 4.78 is 51.7. The van der Waals surface area contributed by atoms with Gasteiger partial charge in [0.1, 0.15) is 17.2 Å². The zero-order chi connectivity index (χ0) is 28.4. The summed E-state index contributed by atoms with van der Waals surface area (Å²) in [5.41, 5.74) is 3.12. The molecule has 40 heavy (non-hydrogen) atoms. The molecule has 0 aliphatic rings. The second-order valence-electron chi connectivity index (χ2n) is 8.67. The van der Waals surface area contributed by atoms with E-state index < -0.39 is 10.0 Å². The lowest BCUT2D eigenvalue weighted by atomic mass is 10.2. The predicted octanol–water partition coefficient (Wildman–Crippen LogP) is 4.45. The molecular weight excluding hydrogens is 538 g/mol. The first kappa shape index (κ1) is 26.7. The second kappa shape index (κ2) is 10.7. The number of sulfonamides is 1. The number of aryl methyl sites for hydroxylation is 2. The van der Waals surface area contributed by atoms with Gasteiger partial charge in [-0.15, -0.1) is 0 Å². The van der Waals surface area contributed by atoms with Crippen LogP contribution in [-0.2, 0) is 16.4 Å². The van der Waals surface area contributed by atoms with E-state index in [2.05, 4.69) is 35.4 Å². The normalized spacial score (nSPS) is 11.4. The van der Waals surface area contributed by atoms with Crippen molar-refractivity contribution in [3.05, 3.63) is 54.0 Å². The maximum absolute atomic E-state index is 13.7. The number of nitrogens with one attached hydrogen (secondary N) is 3. The van der Waals surface area contributed by atoms with Gasteiger partial charge in [-0.3, -0.25) is 9.82 Å². The fourth-order valence-electron chi connectivity index (χ4n) is 4.09. The first-order valence-electron chi connectivity index (χ1n) is 12.1.